The van der Waals surface area contributed by atoms with E-state index in [4.69, 9.17) is 9.94 Å². The summed E-state index contributed by atoms with van der Waals surface area (Å²) in [5.41, 5.74) is 3.13. The van der Waals surface area contributed by atoms with Crippen molar-refractivity contribution in [1.29, 1.82) is 0 Å². The van der Waals surface area contributed by atoms with Crippen LogP contribution in [0.4, 0.5) is 0 Å². The van der Waals surface area contributed by atoms with E-state index in [1.165, 1.54) is 0 Å². The molecule has 8 heteroatoms. The first-order chi connectivity index (χ1) is 14.1. The number of hydrogen-bond donors (Lipinski definition) is 1. The van der Waals surface area contributed by atoms with Crippen LogP contribution in [0.3, 0.4) is 0 Å². The first kappa shape index (κ1) is 21.3. The zero-order valence-corrected chi connectivity index (χ0v) is 17.3. The van der Waals surface area contributed by atoms with Crippen molar-refractivity contribution in [2.75, 3.05) is 52.4 Å². The van der Waals surface area contributed by atoms with E-state index in [0.29, 0.717) is 0 Å². The monoisotopic (exact) mass is 401 g/mol. The minimum atomic E-state index is -0.763. The van der Waals surface area contributed by atoms with Crippen LogP contribution in [0.5, 0.6) is 0 Å². The second kappa shape index (κ2) is 10.4. The van der Waals surface area contributed by atoms with Crippen molar-refractivity contribution < 1.29 is 14.7 Å². The van der Waals surface area contributed by atoms with Crippen LogP contribution >= 0.6 is 0 Å². The Balaban J connectivity index is 1.45. The van der Waals surface area contributed by atoms with Crippen LogP contribution in [0, 0.1) is 0 Å². The molecule has 1 aromatic rings. The lowest BCUT2D eigenvalue weighted by Crippen LogP contribution is -2.49. The number of carbonyl (C=O) groups is 1. The van der Waals surface area contributed by atoms with Crippen LogP contribution < -0.4 is 0 Å². The molecule has 0 saturated carbocycles. The summed E-state index contributed by atoms with van der Waals surface area (Å²) in [6, 6.07) is 8.25. The van der Waals surface area contributed by atoms with Crippen LogP contribution in [-0.4, -0.2) is 96.3 Å². The fraction of sp³-hybridized carbons (Fsp3) is 0.571. The molecule has 0 radical (unpaired) electrons. The summed E-state index contributed by atoms with van der Waals surface area (Å²) in [4.78, 5) is 20.8. The van der Waals surface area contributed by atoms with Crippen LogP contribution in [0.15, 0.2) is 34.5 Å². The lowest BCUT2D eigenvalue weighted by molar-refractivity contribution is -0.138. The molecule has 1 fully saturated rings. The number of benzene rings is 1. The third-order valence-corrected chi connectivity index (χ3v) is 5.36. The summed E-state index contributed by atoms with van der Waals surface area (Å²) in [6.45, 7) is 10.2. The van der Waals surface area contributed by atoms with E-state index in [9.17, 15) is 4.79 Å². The third kappa shape index (κ3) is 6.27. The van der Waals surface area contributed by atoms with Gasteiger partial charge >= 0.3 is 5.97 Å². The van der Waals surface area contributed by atoms with Gasteiger partial charge in [-0.25, -0.2) is 0 Å². The number of piperazine rings is 1. The Hall–Kier alpha value is -2.45. The minimum absolute atomic E-state index is 0.0555. The lowest BCUT2D eigenvalue weighted by atomic mass is 10.0. The maximum absolute atomic E-state index is 10.8. The van der Waals surface area contributed by atoms with Gasteiger partial charge in [0.25, 0.3) is 0 Å². The van der Waals surface area contributed by atoms with Crippen molar-refractivity contribution in [3.8, 4) is 0 Å². The molecule has 0 aliphatic carbocycles. The molecule has 0 spiro atoms. The van der Waals surface area contributed by atoms with Crippen LogP contribution in [0.2, 0.25) is 0 Å². The Kier molecular flexibility index (Phi) is 7.60. The Morgan fingerprint density at radius 2 is 1.86 bits per heavy atom. The summed E-state index contributed by atoms with van der Waals surface area (Å²) < 4.78 is 0. The molecule has 2 aliphatic rings. The molecule has 29 heavy (non-hydrogen) atoms. The Morgan fingerprint density at radius 1 is 1.21 bits per heavy atom. The average Bonchev–Trinajstić information content (AvgIpc) is 3.19. The highest BCUT2D eigenvalue weighted by Crippen LogP contribution is 2.18. The Bertz CT molecular complexity index is 722. The first-order valence-electron chi connectivity index (χ1n) is 10.4. The molecule has 158 valence electrons. The largest absolute Gasteiger partial charge is 0.480 e. The molecule has 8 nitrogen and oxygen atoms in total. The van der Waals surface area contributed by atoms with Gasteiger partial charge < -0.3 is 9.94 Å². The average molecular weight is 402 g/mol. The van der Waals surface area contributed by atoms with E-state index in [1.807, 2.05) is 16.1 Å². The molecule has 1 saturated heterocycles. The summed E-state index contributed by atoms with van der Waals surface area (Å²) in [5, 5.41) is 19.7. The SMILES string of the molecule is CCN(CC)N=Cc1ccc(C2=NOC(CN3CCN(CC(=O)O)CC3)C2)cc1. The zero-order chi connectivity index (χ0) is 20.6. The van der Waals surface area contributed by atoms with Gasteiger partial charge in [0.1, 0.15) is 6.10 Å². The van der Waals surface area contributed by atoms with E-state index in [2.05, 4.69) is 53.3 Å². The van der Waals surface area contributed by atoms with E-state index in [-0.39, 0.29) is 12.6 Å². The Morgan fingerprint density at radius 3 is 2.48 bits per heavy atom. The number of aliphatic carboxylic acids is 1. The van der Waals surface area contributed by atoms with E-state index in [0.717, 1.165) is 69.1 Å². The highest BCUT2D eigenvalue weighted by atomic mass is 16.6. The number of carboxylic acid groups (broad SMARTS) is 1. The van der Waals surface area contributed by atoms with Crippen molar-refractivity contribution in [3.05, 3.63) is 35.4 Å². The molecule has 1 N–H and O–H groups in total. The summed E-state index contributed by atoms with van der Waals surface area (Å²) >= 11 is 0. The standard InChI is InChI=1S/C21H31N5O3/c1-3-26(4-2)22-14-17-5-7-18(8-6-17)20-13-19(29-23-20)15-24-9-11-25(12-10-24)16-21(27)28/h5-8,14,19H,3-4,9-13,15-16H2,1-2H3,(H,27,28). The number of hydrazone groups is 1. The molecule has 1 aromatic carbocycles. The summed E-state index contributed by atoms with van der Waals surface area (Å²) in [7, 11) is 0. The molecule has 3 rings (SSSR count). The van der Waals surface area contributed by atoms with Gasteiger partial charge in [-0.15, -0.1) is 0 Å². The second-order valence-corrected chi connectivity index (χ2v) is 7.45. The predicted molar refractivity (Wildman–Crippen MR) is 113 cm³/mol. The number of hydrogen-bond acceptors (Lipinski definition) is 7. The molecule has 0 aromatic heterocycles. The summed E-state index contributed by atoms with van der Waals surface area (Å²) in [5.74, 6) is -0.763. The summed E-state index contributed by atoms with van der Waals surface area (Å²) in [6.07, 6.45) is 2.73. The highest BCUT2D eigenvalue weighted by Gasteiger charge is 2.26. The van der Waals surface area contributed by atoms with E-state index in [1.54, 1.807) is 0 Å². The number of rotatable bonds is 9. The maximum Gasteiger partial charge on any atom is 0.317 e. The Labute approximate surface area is 172 Å². The van der Waals surface area contributed by atoms with Crippen LogP contribution in [0.1, 0.15) is 31.4 Å². The lowest BCUT2D eigenvalue weighted by Gasteiger charge is -2.34. The maximum atomic E-state index is 10.8. The second-order valence-electron chi connectivity index (χ2n) is 7.45. The van der Waals surface area contributed by atoms with Crippen LogP contribution in [0.25, 0.3) is 0 Å². The number of carboxylic acids is 1. The van der Waals surface area contributed by atoms with E-state index >= 15 is 0 Å². The van der Waals surface area contributed by atoms with Gasteiger partial charge in [-0.1, -0.05) is 29.4 Å². The molecule has 0 amide bonds. The molecule has 0 bridgehead atoms. The van der Waals surface area contributed by atoms with Crippen LogP contribution in [-0.2, 0) is 9.63 Å². The van der Waals surface area contributed by atoms with Crippen molar-refractivity contribution in [3.63, 3.8) is 0 Å². The molecular weight excluding hydrogens is 370 g/mol. The van der Waals surface area contributed by atoms with Gasteiger partial charge in [0, 0.05) is 52.2 Å². The van der Waals surface area contributed by atoms with Gasteiger partial charge in [0.2, 0.25) is 0 Å². The fourth-order valence-corrected chi connectivity index (χ4v) is 3.60. The topological polar surface area (TPSA) is 81.0 Å². The first-order valence-corrected chi connectivity index (χ1v) is 10.4. The molecular formula is C21H31N5O3. The smallest absolute Gasteiger partial charge is 0.317 e. The van der Waals surface area contributed by atoms with Gasteiger partial charge in [-0.2, -0.15) is 5.10 Å². The molecule has 1 unspecified atom stereocenters. The molecule has 2 aliphatic heterocycles. The predicted octanol–water partition coefficient (Wildman–Crippen LogP) is 1.56. The molecule has 2 heterocycles. The van der Waals surface area contributed by atoms with Gasteiger partial charge in [0.15, 0.2) is 0 Å². The fourth-order valence-electron chi connectivity index (χ4n) is 3.60. The van der Waals surface area contributed by atoms with Crippen molar-refractivity contribution in [2.24, 2.45) is 10.3 Å². The van der Waals surface area contributed by atoms with Gasteiger partial charge in [-0.05, 0) is 25.0 Å². The van der Waals surface area contributed by atoms with Gasteiger partial charge in [0.05, 0.1) is 18.5 Å². The van der Waals surface area contributed by atoms with Gasteiger partial charge in [-0.3, -0.25) is 19.6 Å². The quantitative estimate of drug-likeness (QED) is 0.500. The minimum Gasteiger partial charge on any atom is -0.480 e. The number of nitrogens with zero attached hydrogens (tertiary/aromatic N) is 5. The zero-order valence-electron chi connectivity index (χ0n) is 17.3. The van der Waals surface area contributed by atoms with Crippen molar-refractivity contribution >= 4 is 17.9 Å². The highest BCUT2D eigenvalue weighted by molar-refractivity contribution is 6.01. The van der Waals surface area contributed by atoms with Crippen molar-refractivity contribution in [2.45, 2.75) is 26.4 Å². The number of oxime groups is 1. The van der Waals surface area contributed by atoms with E-state index < -0.39 is 5.97 Å². The van der Waals surface area contributed by atoms with Crippen molar-refractivity contribution in [1.82, 2.24) is 14.8 Å². The normalized spacial score (nSPS) is 20.6. The molecule has 1 atom stereocenters. The third-order valence-electron chi connectivity index (χ3n) is 5.36.